The molecule has 0 amide bonds. The Hall–Kier alpha value is -1.06. The lowest BCUT2D eigenvalue weighted by Gasteiger charge is -2.29. The highest BCUT2D eigenvalue weighted by atomic mass is 16.3. The van der Waals surface area contributed by atoms with Gasteiger partial charge in [0.2, 0.25) is 0 Å². The van der Waals surface area contributed by atoms with Gasteiger partial charge in [-0.25, -0.2) is 0 Å². The van der Waals surface area contributed by atoms with Crippen LogP contribution in [0, 0.1) is 5.92 Å². The second-order valence-corrected chi connectivity index (χ2v) is 6.04. The number of rotatable bonds is 8. The summed E-state index contributed by atoms with van der Waals surface area (Å²) in [6, 6.07) is 8.76. The Morgan fingerprint density at radius 1 is 1.20 bits per heavy atom. The molecule has 0 bridgehead atoms. The van der Waals surface area contributed by atoms with Crippen molar-refractivity contribution in [2.24, 2.45) is 5.92 Å². The Morgan fingerprint density at radius 2 is 1.80 bits per heavy atom. The highest BCUT2D eigenvalue weighted by Gasteiger charge is 2.40. The van der Waals surface area contributed by atoms with Crippen LogP contribution in [-0.2, 0) is 6.54 Å². The topological polar surface area (TPSA) is 35.5 Å². The molecule has 20 heavy (non-hydrogen) atoms. The predicted octanol–water partition coefficient (Wildman–Crippen LogP) is 2.78. The molecule has 1 fully saturated rings. The molecule has 3 nitrogen and oxygen atoms in total. The van der Waals surface area contributed by atoms with Crippen LogP contribution in [0.4, 0.5) is 5.69 Å². The summed E-state index contributed by atoms with van der Waals surface area (Å²) in [5.74, 6) is 0.641. The highest BCUT2D eigenvalue weighted by molar-refractivity contribution is 5.47. The van der Waals surface area contributed by atoms with Crippen LogP contribution < -0.4 is 10.2 Å². The second kappa shape index (κ2) is 6.59. The fourth-order valence-corrected chi connectivity index (χ4v) is 2.77. The highest BCUT2D eigenvalue weighted by Crippen LogP contribution is 2.39. The number of anilines is 1. The molecule has 2 N–H and O–H groups in total. The SMILES string of the molecule is CCN(CC)c1ccc(CNC(C)(CO)C2CC2)cc1. The zero-order valence-electron chi connectivity index (χ0n) is 13.0. The van der Waals surface area contributed by atoms with Gasteiger partial charge in [-0.15, -0.1) is 0 Å². The normalized spacial score (nSPS) is 17.8. The van der Waals surface area contributed by atoms with E-state index in [1.165, 1.54) is 24.1 Å². The van der Waals surface area contributed by atoms with Crippen molar-refractivity contribution in [2.45, 2.75) is 45.7 Å². The van der Waals surface area contributed by atoms with Crippen molar-refractivity contribution in [2.75, 3.05) is 24.6 Å². The van der Waals surface area contributed by atoms with E-state index in [4.69, 9.17) is 0 Å². The summed E-state index contributed by atoms with van der Waals surface area (Å²) in [6.07, 6.45) is 2.48. The molecule has 0 aromatic heterocycles. The Kier molecular flexibility index (Phi) is 5.06. The van der Waals surface area contributed by atoms with Crippen LogP contribution in [0.5, 0.6) is 0 Å². The fraction of sp³-hybridized carbons (Fsp3) is 0.647. The van der Waals surface area contributed by atoms with Crippen molar-refractivity contribution in [3.8, 4) is 0 Å². The monoisotopic (exact) mass is 276 g/mol. The van der Waals surface area contributed by atoms with Gasteiger partial charge >= 0.3 is 0 Å². The molecule has 1 aromatic carbocycles. The number of aliphatic hydroxyl groups excluding tert-OH is 1. The van der Waals surface area contributed by atoms with Crippen LogP contribution in [-0.4, -0.2) is 30.3 Å². The predicted molar refractivity (Wildman–Crippen MR) is 85.1 cm³/mol. The van der Waals surface area contributed by atoms with Crippen molar-refractivity contribution >= 4 is 5.69 Å². The molecular weight excluding hydrogens is 248 g/mol. The Balaban J connectivity index is 1.93. The van der Waals surface area contributed by atoms with Gasteiger partial charge in [0.15, 0.2) is 0 Å². The zero-order valence-corrected chi connectivity index (χ0v) is 13.0. The summed E-state index contributed by atoms with van der Waals surface area (Å²) in [7, 11) is 0. The van der Waals surface area contributed by atoms with Gasteiger partial charge in [-0.1, -0.05) is 12.1 Å². The zero-order chi connectivity index (χ0) is 14.6. The average molecular weight is 276 g/mol. The van der Waals surface area contributed by atoms with E-state index in [9.17, 15) is 5.11 Å². The molecule has 1 aliphatic carbocycles. The number of aliphatic hydroxyl groups is 1. The number of hydrogen-bond acceptors (Lipinski definition) is 3. The Labute approximate surface area is 123 Å². The minimum absolute atomic E-state index is 0.114. The van der Waals surface area contributed by atoms with Crippen molar-refractivity contribution in [3.63, 3.8) is 0 Å². The van der Waals surface area contributed by atoms with Gasteiger partial charge in [-0.05, 0) is 57.2 Å². The molecule has 0 aliphatic heterocycles. The number of benzene rings is 1. The summed E-state index contributed by atoms with van der Waals surface area (Å²) in [5, 5.41) is 13.1. The lowest BCUT2D eigenvalue weighted by atomic mass is 9.96. The molecule has 0 saturated heterocycles. The van der Waals surface area contributed by atoms with Crippen LogP contribution in [0.1, 0.15) is 39.2 Å². The van der Waals surface area contributed by atoms with E-state index in [1.54, 1.807) is 0 Å². The first-order valence-electron chi connectivity index (χ1n) is 7.82. The average Bonchev–Trinajstić information content (AvgIpc) is 3.32. The summed E-state index contributed by atoms with van der Waals surface area (Å²) >= 11 is 0. The van der Waals surface area contributed by atoms with E-state index < -0.39 is 0 Å². The lowest BCUT2D eigenvalue weighted by molar-refractivity contribution is 0.153. The first-order chi connectivity index (χ1) is 9.62. The molecule has 2 rings (SSSR count). The minimum atomic E-state index is -0.114. The maximum absolute atomic E-state index is 9.59. The van der Waals surface area contributed by atoms with Gasteiger partial charge in [-0.2, -0.15) is 0 Å². The van der Waals surface area contributed by atoms with Gasteiger partial charge in [0.1, 0.15) is 0 Å². The fourth-order valence-electron chi connectivity index (χ4n) is 2.77. The van der Waals surface area contributed by atoms with Crippen molar-refractivity contribution in [1.82, 2.24) is 5.32 Å². The third-order valence-electron chi connectivity index (χ3n) is 4.57. The largest absolute Gasteiger partial charge is 0.394 e. The molecular formula is C17H28N2O. The molecule has 0 radical (unpaired) electrons. The molecule has 0 heterocycles. The van der Waals surface area contributed by atoms with Crippen molar-refractivity contribution in [3.05, 3.63) is 29.8 Å². The molecule has 0 spiro atoms. The first kappa shape index (κ1) is 15.3. The molecule has 112 valence electrons. The van der Waals surface area contributed by atoms with Gasteiger partial charge in [0.25, 0.3) is 0 Å². The van der Waals surface area contributed by atoms with E-state index in [1.807, 2.05) is 0 Å². The summed E-state index contributed by atoms with van der Waals surface area (Å²) in [4.78, 5) is 2.35. The third kappa shape index (κ3) is 3.53. The lowest BCUT2D eigenvalue weighted by Crippen LogP contribution is -2.47. The van der Waals surface area contributed by atoms with E-state index >= 15 is 0 Å². The summed E-state index contributed by atoms with van der Waals surface area (Å²) in [6.45, 7) is 9.62. The van der Waals surface area contributed by atoms with Crippen LogP contribution in [0.25, 0.3) is 0 Å². The molecule has 1 saturated carbocycles. The van der Waals surface area contributed by atoms with E-state index in [0.717, 1.165) is 19.6 Å². The molecule has 1 unspecified atom stereocenters. The smallest absolute Gasteiger partial charge is 0.0613 e. The molecule has 1 aliphatic rings. The van der Waals surface area contributed by atoms with Crippen LogP contribution in [0.15, 0.2) is 24.3 Å². The maximum atomic E-state index is 9.59. The number of nitrogens with one attached hydrogen (secondary N) is 1. The first-order valence-corrected chi connectivity index (χ1v) is 7.82. The van der Waals surface area contributed by atoms with Crippen molar-refractivity contribution in [1.29, 1.82) is 0 Å². The van der Waals surface area contributed by atoms with Crippen LogP contribution in [0.3, 0.4) is 0 Å². The quantitative estimate of drug-likeness (QED) is 0.766. The number of nitrogens with zero attached hydrogens (tertiary/aromatic N) is 1. The third-order valence-corrected chi connectivity index (χ3v) is 4.57. The second-order valence-electron chi connectivity index (χ2n) is 6.04. The standard InChI is InChI=1S/C17H28N2O/c1-4-19(5-2)16-10-6-14(7-11-16)12-18-17(3,13-20)15-8-9-15/h6-7,10-11,15,18,20H,4-5,8-9,12-13H2,1-3H3. The van der Waals surface area contributed by atoms with Crippen LogP contribution in [0.2, 0.25) is 0 Å². The van der Waals surface area contributed by atoms with Gasteiger partial charge in [-0.3, -0.25) is 0 Å². The molecule has 3 heteroatoms. The molecule has 1 atom stereocenters. The Bertz CT molecular complexity index is 410. The number of hydrogen-bond donors (Lipinski definition) is 2. The maximum Gasteiger partial charge on any atom is 0.0613 e. The van der Waals surface area contributed by atoms with Crippen LogP contribution >= 0.6 is 0 Å². The minimum Gasteiger partial charge on any atom is -0.394 e. The summed E-state index contributed by atoms with van der Waals surface area (Å²) < 4.78 is 0. The van der Waals surface area contributed by atoms with E-state index in [-0.39, 0.29) is 12.1 Å². The van der Waals surface area contributed by atoms with E-state index in [2.05, 4.69) is 55.3 Å². The summed E-state index contributed by atoms with van der Waals surface area (Å²) in [5.41, 5.74) is 2.45. The van der Waals surface area contributed by atoms with Gasteiger partial charge in [0.05, 0.1) is 6.61 Å². The van der Waals surface area contributed by atoms with Gasteiger partial charge in [0, 0.05) is 30.9 Å². The van der Waals surface area contributed by atoms with Crippen molar-refractivity contribution < 1.29 is 5.11 Å². The molecule has 1 aromatic rings. The Morgan fingerprint density at radius 3 is 2.25 bits per heavy atom. The van der Waals surface area contributed by atoms with E-state index in [0.29, 0.717) is 5.92 Å². The van der Waals surface area contributed by atoms with Gasteiger partial charge < -0.3 is 15.3 Å².